The molecule has 74 heavy (non-hydrogen) atoms. The molecule has 4 aliphatic carbocycles. The monoisotopic (exact) mass is 1060 g/mol. The van der Waals surface area contributed by atoms with Crippen LogP contribution in [0, 0.1) is 45.3 Å². The van der Waals surface area contributed by atoms with Crippen molar-refractivity contribution in [3.8, 4) is 0 Å². The van der Waals surface area contributed by atoms with Crippen LogP contribution in [-0.2, 0) is 47.4 Å². The van der Waals surface area contributed by atoms with Crippen molar-refractivity contribution < 1.29 is 109 Å². The Bertz CT molecular complexity index is 2030. The zero-order valence-corrected chi connectivity index (χ0v) is 43.6. The normalized spacial score (nSPS) is 56.7. The molecule has 2 spiro atoms. The average Bonchev–Trinajstić information content (AvgIpc) is 3.94. The zero-order chi connectivity index (χ0) is 53.4. The molecule has 6 aliphatic heterocycles. The van der Waals surface area contributed by atoms with Crippen molar-refractivity contribution in [3.63, 3.8) is 0 Å². The minimum Gasteiger partial charge on any atom is -0.394 e. The maximum atomic E-state index is 11.7. The highest BCUT2D eigenvalue weighted by Gasteiger charge is 2.83. The Morgan fingerprint density at radius 2 is 1.20 bits per heavy atom. The van der Waals surface area contributed by atoms with Gasteiger partial charge in [0.05, 0.1) is 50.8 Å². The van der Waals surface area contributed by atoms with Crippen LogP contribution in [0.1, 0.15) is 99.8 Å². The Labute approximate surface area is 431 Å². The topological polar surface area (TPSA) is 335 Å². The van der Waals surface area contributed by atoms with E-state index in [-0.39, 0.29) is 52.6 Å². The van der Waals surface area contributed by atoms with Gasteiger partial charge in [-0.1, -0.05) is 39.3 Å². The van der Waals surface area contributed by atoms with Gasteiger partial charge in [-0.3, -0.25) is 0 Å². The lowest BCUT2D eigenvalue weighted by Crippen LogP contribution is -2.69. The van der Waals surface area contributed by atoms with E-state index in [0.29, 0.717) is 25.9 Å². The van der Waals surface area contributed by atoms with E-state index >= 15 is 0 Å². The lowest BCUT2D eigenvalue weighted by atomic mass is 9.37. The van der Waals surface area contributed by atoms with Crippen molar-refractivity contribution in [1.82, 2.24) is 0 Å². The van der Waals surface area contributed by atoms with E-state index in [4.69, 9.17) is 47.4 Å². The van der Waals surface area contributed by atoms with Crippen molar-refractivity contribution in [2.24, 2.45) is 45.3 Å². The van der Waals surface area contributed by atoms with Crippen molar-refractivity contribution >= 4 is 0 Å². The first kappa shape index (κ1) is 56.1. The van der Waals surface area contributed by atoms with E-state index in [1.807, 2.05) is 13.8 Å². The van der Waals surface area contributed by atoms with Crippen LogP contribution in [0.15, 0.2) is 11.6 Å². The summed E-state index contributed by atoms with van der Waals surface area (Å²) in [5.74, 6) is -0.635. The van der Waals surface area contributed by atoms with Crippen LogP contribution in [0.4, 0.5) is 0 Å². The number of hydrogen-bond acceptors (Lipinski definition) is 22. The van der Waals surface area contributed by atoms with E-state index < -0.39 is 153 Å². The van der Waals surface area contributed by atoms with Crippen molar-refractivity contribution in [2.75, 3.05) is 33.0 Å². The SMILES string of the molecule is CC(C)=CC1CC(C)(OC2OCC(O)C(O)C2O)C2C3(CC4(CO3)C3CCC5C(C)(C)C(OC6OC(CO)C(O)C(OC7OC(CO)C(O)C(O)C7O)C6OC6OC(CO)C(O)C6O)CCC5(C)C3CCC24C)O1. The summed E-state index contributed by atoms with van der Waals surface area (Å²) in [4.78, 5) is 0. The summed E-state index contributed by atoms with van der Waals surface area (Å²) in [6, 6.07) is 0. The van der Waals surface area contributed by atoms with Gasteiger partial charge in [-0.25, -0.2) is 0 Å². The Morgan fingerprint density at radius 3 is 1.85 bits per heavy atom. The fraction of sp³-hybridized carbons (Fsp3) is 0.962. The molecule has 22 heteroatoms. The molecule has 10 fully saturated rings. The molecule has 29 atom stereocenters. The van der Waals surface area contributed by atoms with Gasteiger partial charge < -0.3 is 109 Å². The fourth-order valence-electron chi connectivity index (χ4n) is 17.2. The molecule has 0 amide bonds. The first-order valence-corrected chi connectivity index (χ1v) is 27.0. The van der Waals surface area contributed by atoms with Crippen molar-refractivity contribution in [1.29, 1.82) is 0 Å². The third-order valence-electron chi connectivity index (χ3n) is 20.6. The molecule has 2 bridgehead atoms. The second-order valence-corrected chi connectivity index (χ2v) is 25.3. The number of rotatable bonds is 12. The molecule has 424 valence electrons. The van der Waals surface area contributed by atoms with Crippen LogP contribution >= 0.6 is 0 Å². The van der Waals surface area contributed by atoms with E-state index in [0.717, 1.165) is 37.7 Å². The number of hydrogen-bond donors (Lipinski definition) is 12. The van der Waals surface area contributed by atoms with E-state index in [9.17, 15) is 61.3 Å². The molecule has 0 aromatic rings. The third-order valence-corrected chi connectivity index (χ3v) is 20.6. The van der Waals surface area contributed by atoms with Crippen LogP contribution < -0.4 is 0 Å². The molecule has 22 nitrogen and oxygen atoms in total. The third kappa shape index (κ3) is 8.66. The minimum atomic E-state index is -1.89. The highest BCUT2D eigenvalue weighted by molar-refractivity contribution is 5.28. The summed E-state index contributed by atoms with van der Waals surface area (Å²) in [6.07, 6.45) is -20.6. The Kier molecular flexibility index (Phi) is 15.3. The quantitative estimate of drug-likeness (QED) is 0.0776. The van der Waals surface area contributed by atoms with E-state index in [2.05, 4.69) is 40.7 Å². The Morgan fingerprint density at radius 1 is 0.608 bits per heavy atom. The Balaban J connectivity index is 0.924. The smallest absolute Gasteiger partial charge is 0.187 e. The first-order valence-electron chi connectivity index (χ1n) is 27.0. The van der Waals surface area contributed by atoms with Gasteiger partial charge in [-0.15, -0.1) is 0 Å². The average molecular weight is 1060 g/mol. The number of aliphatic hydroxyl groups is 12. The van der Waals surface area contributed by atoms with Gasteiger partial charge in [0.1, 0.15) is 85.5 Å². The van der Waals surface area contributed by atoms with Gasteiger partial charge in [0.2, 0.25) is 0 Å². The minimum absolute atomic E-state index is 0.109. The number of ether oxygens (including phenoxy) is 10. The molecule has 10 aliphatic rings. The second kappa shape index (κ2) is 20.1. The van der Waals surface area contributed by atoms with Crippen molar-refractivity contribution in [3.05, 3.63) is 11.6 Å². The summed E-state index contributed by atoms with van der Waals surface area (Å²) in [6.45, 7) is 13.4. The molecule has 0 aromatic carbocycles. The number of fused-ring (bicyclic) bond motifs is 4. The Hall–Kier alpha value is -1.14. The maximum absolute atomic E-state index is 11.7. The summed E-state index contributed by atoms with van der Waals surface area (Å²) < 4.78 is 64.3. The fourth-order valence-corrected chi connectivity index (χ4v) is 17.2. The molecular formula is C52H84O22. The predicted molar refractivity (Wildman–Crippen MR) is 251 cm³/mol. The van der Waals surface area contributed by atoms with Crippen LogP contribution in [0.5, 0.6) is 0 Å². The number of aliphatic hydroxyl groups excluding tert-OH is 12. The molecular weight excluding hydrogens is 977 g/mol. The molecule has 0 aromatic heterocycles. The molecule has 10 rings (SSSR count). The standard InChI is InChI=1S/C52H84O22/c1-22(2)14-23-15-50(7,74-42-37(62)32(57)26(56)19-65-42)46-49(6)13-10-24-25(51(49)20-52(46,73-23)66-21-51)8-9-30-47(3,4)31(11-12-48(24,30)5)70-45-41(72-43-38(63)34(59)28(17-54)68-43)40(35(60)29(18-55)69-45)71-44-39(64)36(61)33(58)27(16-53)67-44/h14,23-46,53-64H,8-13,15-21H2,1-7H3. The van der Waals surface area contributed by atoms with Gasteiger partial charge in [-0.05, 0) is 93.3 Å². The first-order chi connectivity index (χ1) is 34.8. The van der Waals surface area contributed by atoms with Gasteiger partial charge in [0, 0.05) is 24.2 Å². The largest absolute Gasteiger partial charge is 0.394 e. The van der Waals surface area contributed by atoms with Gasteiger partial charge in [0.15, 0.2) is 30.9 Å². The van der Waals surface area contributed by atoms with Crippen molar-refractivity contribution in [2.45, 2.75) is 234 Å². The molecule has 12 N–H and O–H groups in total. The maximum Gasteiger partial charge on any atom is 0.187 e. The highest BCUT2D eigenvalue weighted by atomic mass is 16.8. The highest BCUT2D eigenvalue weighted by Crippen LogP contribution is 2.81. The summed E-state index contributed by atoms with van der Waals surface area (Å²) >= 11 is 0. The lowest BCUT2D eigenvalue weighted by Gasteiger charge is -2.69. The summed E-state index contributed by atoms with van der Waals surface area (Å²) in [5.41, 5.74) is -1.22. The summed E-state index contributed by atoms with van der Waals surface area (Å²) in [5, 5.41) is 128. The van der Waals surface area contributed by atoms with Crippen LogP contribution in [0.3, 0.4) is 0 Å². The van der Waals surface area contributed by atoms with Gasteiger partial charge in [-0.2, -0.15) is 0 Å². The van der Waals surface area contributed by atoms with E-state index in [1.54, 1.807) is 0 Å². The van der Waals surface area contributed by atoms with Crippen LogP contribution in [0.25, 0.3) is 0 Å². The van der Waals surface area contributed by atoms with Crippen LogP contribution in [-0.4, -0.2) is 229 Å². The van der Waals surface area contributed by atoms with Gasteiger partial charge >= 0.3 is 0 Å². The molecule has 29 unspecified atom stereocenters. The molecule has 6 heterocycles. The molecule has 4 saturated carbocycles. The second-order valence-electron chi connectivity index (χ2n) is 25.3. The van der Waals surface area contributed by atoms with Crippen LogP contribution in [0.2, 0.25) is 0 Å². The zero-order valence-electron chi connectivity index (χ0n) is 43.6. The molecule has 0 radical (unpaired) electrons. The lowest BCUT2D eigenvalue weighted by molar-refractivity contribution is -0.390. The van der Waals surface area contributed by atoms with Gasteiger partial charge in [0.25, 0.3) is 0 Å². The molecule has 6 saturated heterocycles. The van der Waals surface area contributed by atoms with E-state index in [1.165, 1.54) is 0 Å². The predicted octanol–water partition coefficient (Wildman–Crippen LogP) is -1.57. The summed E-state index contributed by atoms with van der Waals surface area (Å²) in [7, 11) is 0. The number of allylic oxidation sites excluding steroid dienone is 1.